The van der Waals surface area contributed by atoms with Crippen LogP contribution < -0.4 is 9.47 Å². The Morgan fingerprint density at radius 3 is 2.37 bits per heavy atom. The van der Waals surface area contributed by atoms with Crippen molar-refractivity contribution in [3.63, 3.8) is 0 Å². The zero-order valence-corrected chi connectivity index (χ0v) is 20.0. The van der Waals surface area contributed by atoms with Gasteiger partial charge in [-0.1, -0.05) is 48.0 Å². The third kappa shape index (κ3) is 6.74. The maximum absolute atomic E-state index is 10.7. The van der Waals surface area contributed by atoms with Crippen LogP contribution in [-0.4, -0.2) is 34.1 Å². The monoisotopic (exact) mass is 488 g/mol. The van der Waals surface area contributed by atoms with Crippen LogP contribution in [0.4, 0.5) is 0 Å². The summed E-state index contributed by atoms with van der Waals surface area (Å²) in [5.74, 6) is 0.179. The van der Waals surface area contributed by atoms with Crippen LogP contribution in [-0.2, 0) is 11.3 Å². The molecule has 4 rings (SSSR count). The van der Waals surface area contributed by atoms with E-state index in [4.69, 9.17) is 26.2 Å². The third-order valence-electron chi connectivity index (χ3n) is 5.36. The van der Waals surface area contributed by atoms with E-state index >= 15 is 0 Å². The molecule has 178 valence electrons. The minimum absolute atomic E-state index is 0.349. The number of aromatic nitrogens is 2. The summed E-state index contributed by atoms with van der Waals surface area (Å²) in [6.45, 7) is 2.53. The number of carboxylic acids is 1. The Labute approximate surface area is 209 Å². The molecule has 0 aliphatic carbocycles. The van der Waals surface area contributed by atoms with E-state index in [2.05, 4.69) is 29.4 Å². The molecule has 0 unspecified atom stereocenters. The number of hydrogen-bond donors (Lipinski definition) is 1. The van der Waals surface area contributed by atoms with Crippen molar-refractivity contribution in [2.45, 2.75) is 13.5 Å². The first kappa shape index (κ1) is 24.1. The largest absolute Gasteiger partial charge is 0.489 e. The SMILES string of the molecule is Cc1cc(OC/C=C(/c2ccc(Cl)cc2)c2ccc(Cn3cccn3)cc2)ccc1OCC(=O)O. The van der Waals surface area contributed by atoms with Crippen molar-refractivity contribution in [3.8, 4) is 11.5 Å². The van der Waals surface area contributed by atoms with Gasteiger partial charge in [-0.3, -0.25) is 4.68 Å². The molecule has 0 bridgehead atoms. The summed E-state index contributed by atoms with van der Waals surface area (Å²) in [7, 11) is 0. The highest BCUT2D eigenvalue weighted by molar-refractivity contribution is 6.30. The van der Waals surface area contributed by atoms with Gasteiger partial charge in [0.05, 0.1) is 6.54 Å². The molecule has 1 heterocycles. The average Bonchev–Trinajstić information content (AvgIpc) is 3.36. The number of rotatable bonds is 10. The van der Waals surface area contributed by atoms with Crippen LogP contribution >= 0.6 is 11.6 Å². The molecule has 0 spiro atoms. The topological polar surface area (TPSA) is 73.6 Å². The van der Waals surface area contributed by atoms with E-state index in [9.17, 15) is 4.79 Å². The Bertz CT molecular complexity index is 1300. The molecule has 0 saturated carbocycles. The van der Waals surface area contributed by atoms with Gasteiger partial charge in [-0.25, -0.2) is 4.79 Å². The van der Waals surface area contributed by atoms with Crippen LogP contribution in [0.3, 0.4) is 0 Å². The van der Waals surface area contributed by atoms with Crippen molar-refractivity contribution >= 4 is 23.1 Å². The molecule has 0 atom stereocenters. The first-order valence-corrected chi connectivity index (χ1v) is 11.5. The van der Waals surface area contributed by atoms with E-state index in [0.29, 0.717) is 29.7 Å². The van der Waals surface area contributed by atoms with Crippen LogP contribution in [0.5, 0.6) is 11.5 Å². The standard InChI is InChI=1S/C28H25ClN2O4/c1-20-17-25(11-12-27(20)35-19-28(32)33)34-16-13-26(23-7-9-24(29)10-8-23)22-5-3-21(4-6-22)18-31-15-2-14-30-31/h2-15,17H,16,18-19H2,1H3,(H,32,33)/b26-13+. The van der Waals surface area contributed by atoms with Crippen molar-refractivity contribution in [2.24, 2.45) is 0 Å². The number of nitrogens with zero attached hydrogens (tertiary/aromatic N) is 2. The minimum Gasteiger partial charge on any atom is -0.489 e. The molecule has 0 radical (unpaired) electrons. The van der Waals surface area contributed by atoms with Crippen molar-refractivity contribution in [3.05, 3.63) is 119 Å². The van der Waals surface area contributed by atoms with Gasteiger partial charge in [0.2, 0.25) is 0 Å². The summed E-state index contributed by atoms with van der Waals surface area (Å²) in [6, 6.07) is 23.3. The molecule has 1 aromatic heterocycles. The highest BCUT2D eigenvalue weighted by atomic mass is 35.5. The average molecular weight is 489 g/mol. The zero-order valence-electron chi connectivity index (χ0n) is 19.2. The summed E-state index contributed by atoms with van der Waals surface area (Å²) < 4.78 is 13.1. The lowest BCUT2D eigenvalue weighted by Gasteiger charge is -2.12. The van der Waals surface area contributed by atoms with Crippen LogP contribution in [0.2, 0.25) is 5.02 Å². The van der Waals surface area contributed by atoms with Crippen molar-refractivity contribution in [1.82, 2.24) is 9.78 Å². The van der Waals surface area contributed by atoms with Gasteiger partial charge in [-0.05, 0) is 77.2 Å². The smallest absolute Gasteiger partial charge is 0.341 e. The van der Waals surface area contributed by atoms with Gasteiger partial charge >= 0.3 is 5.97 Å². The van der Waals surface area contributed by atoms with E-state index < -0.39 is 5.97 Å². The number of carboxylic acid groups (broad SMARTS) is 1. The molecule has 0 fully saturated rings. The predicted octanol–water partition coefficient (Wildman–Crippen LogP) is 5.87. The van der Waals surface area contributed by atoms with Gasteiger partial charge < -0.3 is 14.6 Å². The molecule has 0 amide bonds. The van der Waals surface area contributed by atoms with E-state index in [1.54, 1.807) is 18.3 Å². The van der Waals surface area contributed by atoms with Gasteiger partial charge in [0.15, 0.2) is 6.61 Å². The lowest BCUT2D eigenvalue weighted by atomic mass is 9.97. The fourth-order valence-electron chi connectivity index (χ4n) is 3.64. The van der Waals surface area contributed by atoms with E-state index in [0.717, 1.165) is 27.8 Å². The highest BCUT2D eigenvalue weighted by Crippen LogP contribution is 2.27. The fourth-order valence-corrected chi connectivity index (χ4v) is 3.76. The van der Waals surface area contributed by atoms with Crippen molar-refractivity contribution < 1.29 is 19.4 Å². The van der Waals surface area contributed by atoms with Gasteiger partial charge in [0.25, 0.3) is 0 Å². The maximum atomic E-state index is 10.7. The number of halogens is 1. The fraction of sp³-hybridized carbons (Fsp3) is 0.143. The predicted molar refractivity (Wildman–Crippen MR) is 136 cm³/mol. The first-order chi connectivity index (χ1) is 17.0. The van der Waals surface area contributed by atoms with Gasteiger partial charge in [-0.15, -0.1) is 0 Å². The zero-order chi connectivity index (χ0) is 24.6. The van der Waals surface area contributed by atoms with Crippen LogP contribution in [0.15, 0.2) is 91.3 Å². The second kappa shape index (κ2) is 11.4. The molecule has 7 heteroatoms. The second-order valence-electron chi connectivity index (χ2n) is 7.95. The highest BCUT2D eigenvalue weighted by Gasteiger charge is 2.08. The van der Waals surface area contributed by atoms with E-state index in [1.807, 2.05) is 60.3 Å². The van der Waals surface area contributed by atoms with Crippen LogP contribution in [0.1, 0.15) is 22.3 Å². The first-order valence-electron chi connectivity index (χ1n) is 11.1. The number of benzene rings is 3. The molecule has 1 N–H and O–H groups in total. The molecule has 0 saturated heterocycles. The Balaban J connectivity index is 1.51. The summed E-state index contributed by atoms with van der Waals surface area (Å²) in [4.78, 5) is 10.7. The molecule has 3 aromatic carbocycles. The van der Waals surface area contributed by atoms with Crippen LogP contribution in [0, 0.1) is 6.92 Å². The molecule has 4 aromatic rings. The maximum Gasteiger partial charge on any atom is 0.341 e. The second-order valence-corrected chi connectivity index (χ2v) is 8.38. The van der Waals surface area contributed by atoms with Gasteiger partial charge in [0.1, 0.15) is 18.1 Å². The van der Waals surface area contributed by atoms with Gasteiger partial charge in [0, 0.05) is 17.4 Å². The number of aryl methyl sites for hydroxylation is 1. The van der Waals surface area contributed by atoms with Crippen molar-refractivity contribution in [1.29, 1.82) is 0 Å². The lowest BCUT2D eigenvalue weighted by Crippen LogP contribution is -2.10. The normalized spacial score (nSPS) is 11.3. The molecule has 0 aliphatic rings. The lowest BCUT2D eigenvalue weighted by molar-refractivity contribution is -0.139. The number of hydrogen-bond acceptors (Lipinski definition) is 4. The Kier molecular flexibility index (Phi) is 7.85. The Hall–Kier alpha value is -4.03. The van der Waals surface area contributed by atoms with E-state index in [-0.39, 0.29) is 6.61 Å². The minimum atomic E-state index is -1.01. The number of aliphatic carboxylic acids is 1. The molecule has 6 nitrogen and oxygen atoms in total. The van der Waals surface area contributed by atoms with Crippen molar-refractivity contribution in [2.75, 3.05) is 13.2 Å². The number of ether oxygens (including phenoxy) is 2. The van der Waals surface area contributed by atoms with Gasteiger partial charge in [-0.2, -0.15) is 5.10 Å². The third-order valence-corrected chi connectivity index (χ3v) is 5.61. The summed E-state index contributed by atoms with van der Waals surface area (Å²) in [5.41, 5.74) is 5.09. The molecule has 35 heavy (non-hydrogen) atoms. The van der Waals surface area contributed by atoms with Crippen LogP contribution in [0.25, 0.3) is 5.57 Å². The quantitative estimate of drug-likeness (QED) is 0.302. The molecular weight excluding hydrogens is 464 g/mol. The Morgan fingerprint density at radius 2 is 1.74 bits per heavy atom. The number of carbonyl (C=O) groups is 1. The summed E-state index contributed by atoms with van der Waals surface area (Å²) >= 11 is 6.11. The molecule has 0 aliphatic heterocycles. The summed E-state index contributed by atoms with van der Waals surface area (Å²) in [5, 5.41) is 13.7. The summed E-state index contributed by atoms with van der Waals surface area (Å²) in [6.07, 6.45) is 5.75. The molecular formula is C28H25ClN2O4. The Morgan fingerprint density at radius 1 is 1.03 bits per heavy atom. The van der Waals surface area contributed by atoms with E-state index in [1.165, 1.54) is 0 Å².